The van der Waals surface area contributed by atoms with E-state index in [2.05, 4.69) is 32.4 Å². The Morgan fingerprint density at radius 3 is 2.97 bits per heavy atom. The summed E-state index contributed by atoms with van der Waals surface area (Å²) in [6.45, 7) is 5.61. The van der Waals surface area contributed by atoms with Gasteiger partial charge in [-0.05, 0) is 37.9 Å². The zero-order valence-corrected chi connectivity index (χ0v) is 17.9. The topological polar surface area (TPSA) is 125 Å². The van der Waals surface area contributed by atoms with Crippen molar-refractivity contribution in [1.29, 1.82) is 0 Å². The molecule has 0 bridgehead atoms. The third-order valence-electron chi connectivity index (χ3n) is 5.28. The lowest BCUT2D eigenvalue weighted by Gasteiger charge is -2.20. The SMILES string of the molecule is C=CCn1c(Cc2csc(NC(=O)CN3C(=O)N[C@@](C)(C4CC4)C3=O)n2)n[nH]c1=S. The van der Waals surface area contributed by atoms with Gasteiger partial charge in [0.15, 0.2) is 9.90 Å². The number of aromatic nitrogens is 4. The largest absolute Gasteiger partial charge is 0.325 e. The van der Waals surface area contributed by atoms with E-state index in [-0.39, 0.29) is 18.4 Å². The highest BCUT2D eigenvalue weighted by Gasteiger charge is 2.56. The van der Waals surface area contributed by atoms with Gasteiger partial charge in [0.05, 0.1) is 12.1 Å². The maximum atomic E-state index is 12.6. The molecule has 0 radical (unpaired) electrons. The molecule has 1 atom stereocenters. The molecule has 10 nitrogen and oxygen atoms in total. The molecule has 1 aliphatic carbocycles. The molecular formula is C18H21N7O3S2. The van der Waals surface area contributed by atoms with Crippen molar-refractivity contribution in [1.82, 2.24) is 30.0 Å². The number of allylic oxidation sites excluding steroid dienone is 1. The van der Waals surface area contributed by atoms with Crippen LogP contribution in [-0.2, 0) is 22.6 Å². The standard InChI is InChI=1S/C18H21N7O3S2/c1-3-6-24-12(22-23-17(24)29)7-11-9-30-15(19-11)20-13(26)8-25-14(27)18(2,10-4-5-10)21-16(25)28/h3,9-10H,1,4-8H2,2H3,(H,21,28)(H,23,29)(H,19,20,26)/t18-/m0/s1. The van der Waals surface area contributed by atoms with Crippen molar-refractivity contribution in [2.24, 2.45) is 5.92 Å². The number of hydrogen-bond acceptors (Lipinski definition) is 7. The highest BCUT2D eigenvalue weighted by Crippen LogP contribution is 2.42. The molecule has 4 rings (SSSR count). The van der Waals surface area contributed by atoms with Crippen LogP contribution in [-0.4, -0.2) is 54.6 Å². The van der Waals surface area contributed by atoms with Gasteiger partial charge >= 0.3 is 6.03 Å². The van der Waals surface area contributed by atoms with Crippen LogP contribution < -0.4 is 10.6 Å². The number of urea groups is 1. The predicted octanol–water partition coefficient (Wildman–Crippen LogP) is 1.83. The van der Waals surface area contributed by atoms with Gasteiger partial charge < -0.3 is 10.6 Å². The third kappa shape index (κ3) is 3.79. The minimum atomic E-state index is -0.903. The Hall–Kier alpha value is -2.86. The maximum Gasteiger partial charge on any atom is 0.325 e. The predicted molar refractivity (Wildman–Crippen MR) is 113 cm³/mol. The van der Waals surface area contributed by atoms with Crippen molar-refractivity contribution in [3.8, 4) is 0 Å². The second kappa shape index (κ2) is 7.76. The fourth-order valence-corrected chi connectivity index (χ4v) is 4.46. The van der Waals surface area contributed by atoms with E-state index in [1.165, 1.54) is 11.3 Å². The van der Waals surface area contributed by atoms with E-state index < -0.39 is 17.5 Å². The number of H-pyrrole nitrogens is 1. The molecule has 1 aliphatic heterocycles. The van der Waals surface area contributed by atoms with Crippen LogP contribution in [0.5, 0.6) is 0 Å². The van der Waals surface area contributed by atoms with Crippen LogP contribution in [0.1, 0.15) is 31.3 Å². The molecule has 0 aromatic carbocycles. The fraction of sp³-hybridized carbons (Fsp3) is 0.444. The van der Waals surface area contributed by atoms with Crippen molar-refractivity contribution < 1.29 is 14.4 Å². The fourth-order valence-electron chi connectivity index (χ4n) is 3.51. The molecule has 12 heteroatoms. The summed E-state index contributed by atoms with van der Waals surface area (Å²) in [5.41, 5.74) is -0.189. The van der Waals surface area contributed by atoms with Crippen molar-refractivity contribution in [3.05, 3.63) is 34.3 Å². The quantitative estimate of drug-likeness (QED) is 0.322. The van der Waals surface area contributed by atoms with E-state index in [1.807, 2.05) is 9.95 Å². The Morgan fingerprint density at radius 1 is 1.50 bits per heavy atom. The van der Waals surface area contributed by atoms with Crippen LogP contribution >= 0.6 is 23.6 Å². The van der Waals surface area contributed by atoms with Gasteiger partial charge in [-0.3, -0.25) is 24.2 Å². The van der Waals surface area contributed by atoms with Crippen molar-refractivity contribution in [2.45, 2.75) is 38.3 Å². The van der Waals surface area contributed by atoms with E-state index in [9.17, 15) is 14.4 Å². The van der Waals surface area contributed by atoms with Crippen LogP contribution in [0.2, 0.25) is 0 Å². The summed E-state index contributed by atoms with van der Waals surface area (Å²) in [5, 5.41) is 14.5. The second-order valence-electron chi connectivity index (χ2n) is 7.51. The van der Waals surface area contributed by atoms with Gasteiger partial charge in [0.25, 0.3) is 5.91 Å². The van der Waals surface area contributed by atoms with Crippen molar-refractivity contribution >= 4 is 46.5 Å². The van der Waals surface area contributed by atoms with Gasteiger partial charge in [0.2, 0.25) is 5.91 Å². The molecule has 158 valence electrons. The summed E-state index contributed by atoms with van der Waals surface area (Å²) < 4.78 is 2.31. The molecule has 2 aromatic rings. The molecule has 30 heavy (non-hydrogen) atoms. The monoisotopic (exact) mass is 447 g/mol. The van der Waals surface area contributed by atoms with Crippen LogP contribution in [0.4, 0.5) is 9.93 Å². The zero-order valence-electron chi connectivity index (χ0n) is 16.3. The highest BCUT2D eigenvalue weighted by atomic mass is 32.1. The van der Waals surface area contributed by atoms with E-state index in [0.29, 0.717) is 34.4 Å². The minimum absolute atomic E-state index is 0.144. The first-order valence-corrected chi connectivity index (χ1v) is 10.7. The van der Waals surface area contributed by atoms with Gasteiger partial charge in [0, 0.05) is 11.9 Å². The average molecular weight is 448 g/mol. The maximum absolute atomic E-state index is 12.6. The number of nitrogens with one attached hydrogen (secondary N) is 3. The number of thiazole rings is 1. The van der Waals surface area contributed by atoms with E-state index >= 15 is 0 Å². The average Bonchev–Trinajstić information content (AvgIpc) is 3.35. The Bertz CT molecular complexity index is 1080. The first-order chi connectivity index (χ1) is 14.3. The molecule has 2 fully saturated rings. The number of carbonyl (C=O) groups excluding carboxylic acids is 3. The molecule has 1 saturated carbocycles. The molecular weight excluding hydrogens is 426 g/mol. The van der Waals surface area contributed by atoms with Gasteiger partial charge in [-0.2, -0.15) is 5.10 Å². The van der Waals surface area contributed by atoms with Crippen molar-refractivity contribution in [2.75, 3.05) is 11.9 Å². The number of hydrogen-bond donors (Lipinski definition) is 3. The zero-order chi connectivity index (χ0) is 21.5. The highest BCUT2D eigenvalue weighted by molar-refractivity contribution is 7.71. The number of imide groups is 1. The molecule has 3 heterocycles. The van der Waals surface area contributed by atoms with Crippen LogP contribution in [0.15, 0.2) is 18.0 Å². The smallest absolute Gasteiger partial charge is 0.323 e. The van der Waals surface area contributed by atoms with Gasteiger partial charge in [-0.15, -0.1) is 17.9 Å². The summed E-state index contributed by atoms with van der Waals surface area (Å²) in [6.07, 6.45) is 3.96. The van der Waals surface area contributed by atoms with Crippen LogP contribution in [0.25, 0.3) is 0 Å². The molecule has 0 unspecified atom stereocenters. The lowest BCUT2D eigenvalue weighted by atomic mass is 9.96. The van der Waals surface area contributed by atoms with Gasteiger partial charge in [0.1, 0.15) is 17.9 Å². The number of aromatic amines is 1. The number of anilines is 1. The van der Waals surface area contributed by atoms with Crippen LogP contribution in [0, 0.1) is 10.7 Å². The first-order valence-electron chi connectivity index (χ1n) is 9.45. The van der Waals surface area contributed by atoms with E-state index in [4.69, 9.17) is 12.2 Å². The minimum Gasteiger partial charge on any atom is -0.323 e. The van der Waals surface area contributed by atoms with Gasteiger partial charge in [-0.25, -0.2) is 9.78 Å². The van der Waals surface area contributed by atoms with Crippen LogP contribution in [0.3, 0.4) is 0 Å². The summed E-state index contributed by atoms with van der Waals surface area (Å²) in [5.74, 6) is 0.0237. The number of carbonyl (C=O) groups is 3. The number of amides is 4. The summed E-state index contributed by atoms with van der Waals surface area (Å²) in [6, 6.07) is -0.533. The summed E-state index contributed by atoms with van der Waals surface area (Å²) in [7, 11) is 0. The Morgan fingerprint density at radius 2 is 2.27 bits per heavy atom. The van der Waals surface area contributed by atoms with Crippen molar-refractivity contribution in [3.63, 3.8) is 0 Å². The first kappa shape index (κ1) is 20.4. The number of rotatable bonds is 8. The molecule has 2 aliphatic rings. The van der Waals surface area contributed by atoms with Gasteiger partial charge in [-0.1, -0.05) is 6.08 Å². The Kier molecular flexibility index (Phi) is 5.28. The summed E-state index contributed by atoms with van der Waals surface area (Å²) >= 11 is 6.45. The lowest BCUT2D eigenvalue weighted by molar-refractivity contribution is -0.134. The third-order valence-corrected chi connectivity index (χ3v) is 6.40. The molecule has 1 saturated heterocycles. The Balaban J connectivity index is 1.38. The Labute approximate surface area is 181 Å². The second-order valence-corrected chi connectivity index (χ2v) is 8.76. The molecule has 0 spiro atoms. The van der Waals surface area contributed by atoms with E-state index in [1.54, 1.807) is 13.0 Å². The normalized spacial score (nSPS) is 21.0. The lowest BCUT2D eigenvalue weighted by Crippen LogP contribution is -2.46. The summed E-state index contributed by atoms with van der Waals surface area (Å²) in [4.78, 5) is 42.6. The molecule has 3 N–H and O–H groups in total. The molecule has 4 amide bonds. The molecule has 2 aromatic heterocycles. The van der Waals surface area contributed by atoms with E-state index in [0.717, 1.165) is 17.7 Å². The number of nitrogens with zero attached hydrogens (tertiary/aromatic N) is 4.